The Balaban J connectivity index is 2.05. The van der Waals surface area contributed by atoms with Crippen LogP contribution in [0.25, 0.3) is 0 Å². The first-order valence-corrected chi connectivity index (χ1v) is 7.68. The summed E-state index contributed by atoms with van der Waals surface area (Å²) in [6, 6.07) is 4.83. The van der Waals surface area contributed by atoms with Crippen LogP contribution in [0.3, 0.4) is 0 Å². The molecule has 2 rings (SSSR count). The van der Waals surface area contributed by atoms with Crippen molar-refractivity contribution in [1.29, 1.82) is 0 Å². The summed E-state index contributed by atoms with van der Waals surface area (Å²) in [5, 5.41) is 10.7. The third-order valence-corrected chi connectivity index (χ3v) is 4.05. The molecule has 1 saturated heterocycles. The van der Waals surface area contributed by atoms with Gasteiger partial charge in [-0.1, -0.05) is 0 Å². The van der Waals surface area contributed by atoms with E-state index < -0.39 is 15.6 Å². The average molecular weight is 299 g/mol. The van der Waals surface area contributed by atoms with Gasteiger partial charge in [-0.25, -0.2) is 8.42 Å². The zero-order valence-electron chi connectivity index (χ0n) is 11.2. The van der Waals surface area contributed by atoms with Crippen LogP contribution in [0.5, 0.6) is 0 Å². The molecule has 0 N–H and O–H groups in total. The predicted molar refractivity (Wildman–Crippen MR) is 76.8 cm³/mol. The molecule has 1 aliphatic heterocycles. The van der Waals surface area contributed by atoms with E-state index in [-0.39, 0.29) is 11.6 Å². The van der Waals surface area contributed by atoms with E-state index >= 15 is 0 Å². The van der Waals surface area contributed by atoms with Crippen molar-refractivity contribution in [2.24, 2.45) is 0 Å². The summed E-state index contributed by atoms with van der Waals surface area (Å²) in [4.78, 5) is 14.3. The number of hydrogen-bond acceptors (Lipinski definition) is 6. The van der Waals surface area contributed by atoms with Gasteiger partial charge in [-0.15, -0.1) is 0 Å². The normalized spacial score (nSPS) is 16.6. The molecule has 0 unspecified atom stereocenters. The highest BCUT2D eigenvalue weighted by Crippen LogP contribution is 2.25. The van der Waals surface area contributed by atoms with Crippen molar-refractivity contribution in [3.05, 3.63) is 33.9 Å². The maximum Gasteiger partial charge on any atom is 0.269 e. The first-order valence-electron chi connectivity index (χ1n) is 6.31. The lowest BCUT2D eigenvalue weighted by Gasteiger charge is -2.35. The molecular formula is C12H17N3O4S. The van der Waals surface area contributed by atoms with E-state index in [0.29, 0.717) is 13.1 Å². The van der Waals surface area contributed by atoms with Crippen molar-refractivity contribution >= 4 is 22.1 Å². The monoisotopic (exact) mass is 299 g/mol. The summed E-state index contributed by atoms with van der Waals surface area (Å²) in [6.45, 7) is 4.66. The van der Waals surface area contributed by atoms with Crippen LogP contribution in [0.2, 0.25) is 0 Å². The molecule has 0 saturated carbocycles. The van der Waals surface area contributed by atoms with E-state index in [2.05, 4.69) is 4.90 Å². The lowest BCUT2D eigenvalue weighted by atomic mass is 10.1. The van der Waals surface area contributed by atoms with Gasteiger partial charge in [-0.05, 0) is 18.6 Å². The van der Waals surface area contributed by atoms with Gasteiger partial charge in [0.2, 0.25) is 0 Å². The molecule has 1 aromatic carbocycles. The Morgan fingerprint density at radius 2 is 1.90 bits per heavy atom. The van der Waals surface area contributed by atoms with Gasteiger partial charge < -0.3 is 4.90 Å². The maximum atomic E-state index is 10.7. The topological polar surface area (TPSA) is 83.8 Å². The fraction of sp³-hybridized carbons (Fsp3) is 0.500. The number of aryl methyl sites for hydroxylation is 1. The van der Waals surface area contributed by atoms with Crippen molar-refractivity contribution < 1.29 is 13.3 Å². The van der Waals surface area contributed by atoms with Crippen LogP contribution in [-0.2, 0) is 10.7 Å². The molecular weight excluding hydrogens is 282 g/mol. The summed E-state index contributed by atoms with van der Waals surface area (Å²) in [5.74, 6) is 0.0996. The lowest BCUT2D eigenvalue weighted by molar-refractivity contribution is -0.384. The van der Waals surface area contributed by atoms with Gasteiger partial charge in [-0.3, -0.25) is 15.0 Å². The Bertz CT molecular complexity index is 572. The number of nitro groups is 1. The highest BCUT2D eigenvalue weighted by molar-refractivity contribution is 7.72. The van der Waals surface area contributed by atoms with Gasteiger partial charge >= 0.3 is 0 Å². The fourth-order valence-electron chi connectivity index (χ4n) is 2.40. The molecule has 8 heteroatoms. The van der Waals surface area contributed by atoms with Gasteiger partial charge in [0, 0.05) is 44.0 Å². The summed E-state index contributed by atoms with van der Waals surface area (Å²) in [5.41, 5.74) is 1.93. The fourth-order valence-corrected chi connectivity index (χ4v) is 3.01. The Morgan fingerprint density at radius 3 is 2.40 bits per heavy atom. The van der Waals surface area contributed by atoms with Crippen LogP contribution in [-0.4, -0.2) is 50.3 Å². The summed E-state index contributed by atoms with van der Waals surface area (Å²) in [7, 11) is -2.38. The third-order valence-electron chi connectivity index (χ3n) is 3.42. The van der Waals surface area contributed by atoms with E-state index in [0.717, 1.165) is 24.3 Å². The predicted octanol–water partition coefficient (Wildman–Crippen LogP) is 0.594. The molecule has 1 aromatic rings. The molecule has 110 valence electrons. The van der Waals surface area contributed by atoms with Crippen molar-refractivity contribution in [2.45, 2.75) is 6.92 Å². The van der Waals surface area contributed by atoms with Crippen LogP contribution in [0, 0.1) is 17.0 Å². The second-order valence-electron chi connectivity index (χ2n) is 4.81. The van der Waals surface area contributed by atoms with Gasteiger partial charge in [0.1, 0.15) is 0 Å². The minimum Gasteiger partial charge on any atom is -0.369 e. The lowest BCUT2D eigenvalue weighted by Crippen LogP contribution is -2.47. The second-order valence-corrected chi connectivity index (χ2v) is 5.76. The highest BCUT2D eigenvalue weighted by atomic mass is 32.2. The molecule has 0 atom stereocenters. The Labute approximate surface area is 118 Å². The van der Waals surface area contributed by atoms with Gasteiger partial charge in [0.05, 0.1) is 10.8 Å². The number of thiol groups is 1. The highest BCUT2D eigenvalue weighted by Gasteiger charge is 2.19. The molecule has 0 aromatic heterocycles. The number of rotatable bonds is 4. The number of hydrogen-bond donors (Lipinski definition) is 1. The average Bonchev–Trinajstić information content (AvgIpc) is 2.39. The number of anilines is 1. The second kappa shape index (κ2) is 6.19. The zero-order valence-corrected chi connectivity index (χ0v) is 12.1. The summed E-state index contributed by atoms with van der Waals surface area (Å²) >= 11 is 0. The zero-order chi connectivity index (χ0) is 14.7. The van der Waals surface area contributed by atoms with Gasteiger partial charge in [0.25, 0.3) is 5.69 Å². The van der Waals surface area contributed by atoms with Crippen LogP contribution in [0.1, 0.15) is 5.56 Å². The minimum absolute atomic E-state index is 0.0910. The van der Waals surface area contributed by atoms with Crippen molar-refractivity contribution in [3.8, 4) is 0 Å². The first-order chi connectivity index (χ1) is 9.47. The number of non-ortho nitro benzene ring substituents is 1. The number of nitro benzene ring substituents is 1. The Hall–Kier alpha value is -1.67. The summed E-state index contributed by atoms with van der Waals surface area (Å²) in [6.07, 6.45) is 0. The quantitative estimate of drug-likeness (QED) is 0.498. The van der Waals surface area contributed by atoms with Crippen molar-refractivity contribution in [2.75, 3.05) is 37.0 Å². The SMILES string of the molecule is Cc1cc([N+](=O)[O-])ccc1N1CCN(C[SH](=O)=O)CC1. The smallest absolute Gasteiger partial charge is 0.269 e. The number of piperazine rings is 1. The molecule has 1 heterocycles. The maximum absolute atomic E-state index is 10.7. The Kier molecular flexibility index (Phi) is 4.56. The molecule has 0 spiro atoms. The third kappa shape index (κ3) is 3.45. The van der Waals surface area contributed by atoms with Gasteiger partial charge in [-0.2, -0.15) is 0 Å². The van der Waals surface area contributed by atoms with E-state index in [4.69, 9.17) is 0 Å². The van der Waals surface area contributed by atoms with E-state index in [9.17, 15) is 18.5 Å². The van der Waals surface area contributed by atoms with Crippen LogP contribution < -0.4 is 4.90 Å². The molecule has 0 radical (unpaired) electrons. The first kappa shape index (κ1) is 14.7. The Morgan fingerprint density at radius 1 is 1.25 bits per heavy atom. The number of nitrogens with zero attached hydrogens (tertiary/aromatic N) is 3. The molecule has 0 amide bonds. The number of benzene rings is 1. The van der Waals surface area contributed by atoms with Crippen molar-refractivity contribution in [1.82, 2.24) is 4.90 Å². The molecule has 0 aliphatic carbocycles. The van der Waals surface area contributed by atoms with Crippen LogP contribution in [0.15, 0.2) is 18.2 Å². The minimum atomic E-state index is -2.38. The summed E-state index contributed by atoms with van der Waals surface area (Å²) < 4.78 is 21.4. The molecule has 1 aliphatic rings. The van der Waals surface area contributed by atoms with Gasteiger partial charge in [0.15, 0.2) is 10.7 Å². The van der Waals surface area contributed by atoms with Crippen LogP contribution >= 0.6 is 0 Å². The molecule has 7 nitrogen and oxygen atoms in total. The van der Waals surface area contributed by atoms with E-state index in [1.807, 2.05) is 11.8 Å². The van der Waals surface area contributed by atoms with Crippen molar-refractivity contribution in [3.63, 3.8) is 0 Å². The standard InChI is InChI=1S/C12H17N3O4S/c1-10-8-11(15(16)17)2-3-12(10)14-6-4-13(5-7-14)9-20(18)19/h2-3,8,20H,4-7,9H2,1H3. The van der Waals surface area contributed by atoms with E-state index in [1.165, 1.54) is 6.07 Å². The largest absolute Gasteiger partial charge is 0.369 e. The molecule has 20 heavy (non-hydrogen) atoms. The molecule has 1 fully saturated rings. The van der Waals surface area contributed by atoms with E-state index in [1.54, 1.807) is 12.1 Å². The molecule has 0 bridgehead atoms. The van der Waals surface area contributed by atoms with Crippen LogP contribution in [0.4, 0.5) is 11.4 Å².